The highest BCUT2D eigenvalue weighted by atomic mass is 79.9. The minimum Gasteiger partial charge on any atom is -0.508 e. The molecule has 1 fully saturated rings. The Balaban J connectivity index is 1.53. The van der Waals surface area contributed by atoms with Gasteiger partial charge in [0.25, 0.3) is 0 Å². The molecule has 0 saturated carbocycles. The number of halogens is 1. The van der Waals surface area contributed by atoms with Gasteiger partial charge in [0.05, 0.1) is 6.10 Å². The van der Waals surface area contributed by atoms with Crippen molar-refractivity contribution >= 4 is 15.9 Å². The number of aromatic hydroxyl groups is 1. The smallest absolute Gasteiger partial charge is 0.115 e. The van der Waals surface area contributed by atoms with Crippen LogP contribution in [0.15, 0.2) is 53.0 Å². The summed E-state index contributed by atoms with van der Waals surface area (Å²) >= 11 is 3.55. The molecule has 2 N–H and O–H groups in total. The van der Waals surface area contributed by atoms with E-state index in [2.05, 4.69) is 52.0 Å². The minimum absolute atomic E-state index is 0.0800. The number of rotatable bonds is 5. The maximum atomic E-state index is 10.6. The lowest BCUT2D eigenvalue weighted by Gasteiger charge is -2.38. The minimum atomic E-state index is -0.526. The lowest BCUT2D eigenvalue weighted by molar-refractivity contribution is 0.0373. The average molecular weight is 404 g/mol. The van der Waals surface area contributed by atoms with Gasteiger partial charge in [-0.2, -0.15) is 0 Å². The Kier molecular flexibility index (Phi) is 6.15. The number of aliphatic hydroxyl groups excluding tert-OH is 1. The third-order valence-corrected chi connectivity index (χ3v) is 5.82. The summed E-state index contributed by atoms with van der Waals surface area (Å²) in [6.45, 7) is 4.14. The lowest BCUT2D eigenvalue weighted by Crippen LogP contribution is -2.43. The average Bonchev–Trinajstić information content (AvgIpc) is 2.62. The van der Waals surface area contributed by atoms with Gasteiger partial charge in [0.1, 0.15) is 5.75 Å². The topological polar surface area (TPSA) is 43.7 Å². The zero-order valence-electron chi connectivity index (χ0n) is 14.6. The predicted octanol–water partition coefficient (Wildman–Crippen LogP) is 4.53. The van der Waals surface area contributed by atoms with Gasteiger partial charge in [0.2, 0.25) is 0 Å². The van der Waals surface area contributed by atoms with E-state index < -0.39 is 6.10 Å². The molecule has 134 valence electrons. The number of phenols is 1. The van der Waals surface area contributed by atoms with E-state index in [0.717, 1.165) is 29.5 Å². The Hall–Kier alpha value is -1.36. The van der Waals surface area contributed by atoms with Gasteiger partial charge in [0.15, 0.2) is 0 Å². The van der Waals surface area contributed by atoms with E-state index in [1.807, 2.05) is 0 Å². The maximum Gasteiger partial charge on any atom is 0.115 e. The van der Waals surface area contributed by atoms with E-state index in [1.54, 1.807) is 24.3 Å². The van der Waals surface area contributed by atoms with Crippen LogP contribution in [0.3, 0.4) is 0 Å². The Morgan fingerprint density at radius 3 is 2.44 bits per heavy atom. The second-order valence-electron chi connectivity index (χ2n) is 7.09. The van der Waals surface area contributed by atoms with E-state index in [-0.39, 0.29) is 11.8 Å². The SMILES string of the molecule is CC(C(O)c1ccc(O)cc1)N1CCC(Cc2cccc(Br)c2)CC1. The van der Waals surface area contributed by atoms with Gasteiger partial charge < -0.3 is 10.2 Å². The van der Waals surface area contributed by atoms with Gasteiger partial charge >= 0.3 is 0 Å². The zero-order chi connectivity index (χ0) is 17.8. The number of piperidine rings is 1. The third-order valence-electron chi connectivity index (χ3n) is 5.33. The van der Waals surface area contributed by atoms with Gasteiger partial charge in [-0.1, -0.05) is 40.2 Å². The summed E-state index contributed by atoms with van der Waals surface area (Å²) in [6.07, 6.45) is 2.93. The van der Waals surface area contributed by atoms with Gasteiger partial charge in [-0.05, 0) is 80.6 Å². The third kappa shape index (κ3) is 4.84. The maximum absolute atomic E-state index is 10.6. The summed E-state index contributed by atoms with van der Waals surface area (Å²) in [7, 11) is 0. The van der Waals surface area contributed by atoms with E-state index in [4.69, 9.17) is 0 Å². The number of hydrogen-bond donors (Lipinski definition) is 2. The molecule has 1 heterocycles. The molecule has 2 aromatic carbocycles. The summed E-state index contributed by atoms with van der Waals surface area (Å²) in [4.78, 5) is 2.38. The second-order valence-corrected chi connectivity index (χ2v) is 8.01. The molecule has 0 aromatic heterocycles. The molecule has 4 heteroatoms. The molecule has 2 unspecified atom stereocenters. The Morgan fingerprint density at radius 2 is 1.80 bits per heavy atom. The molecule has 0 radical (unpaired) electrons. The molecule has 1 saturated heterocycles. The molecule has 0 bridgehead atoms. The van der Waals surface area contributed by atoms with Crippen LogP contribution in [0.5, 0.6) is 5.75 Å². The number of aliphatic hydroxyl groups is 1. The first-order valence-corrected chi connectivity index (χ1v) is 9.77. The number of hydrogen-bond acceptors (Lipinski definition) is 3. The molecule has 1 aliphatic rings. The van der Waals surface area contributed by atoms with Crippen molar-refractivity contribution in [1.82, 2.24) is 4.90 Å². The lowest BCUT2D eigenvalue weighted by atomic mass is 9.89. The Bertz CT molecular complexity index is 681. The van der Waals surface area contributed by atoms with Crippen LogP contribution in [-0.4, -0.2) is 34.2 Å². The van der Waals surface area contributed by atoms with E-state index in [1.165, 1.54) is 18.4 Å². The van der Waals surface area contributed by atoms with Crippen LogP contribution < -0.4 is 0 Å². The highest BCUT2D eigenvalue weighted by Crippen LogP contribution is 2.28. The van der Waals surface area contributed by atoms with E-state index in [0.29, 0.717) is 5.92 Å². The van der Waals surface area contributed by atoms with Crippen LogP contribution in [0, 0.1) is 5.92 Å². The van der Waals surface area contributed by atoms with Crippen molar-refractivity contribution in [2.75, 3.05) is 13.1 Å². The van der Waals surface area contributed by atoms with E-state index in [9.17, 15) is 10.2 Å². The largest absolute Gasteiger partial charge is 0.508 e. The van der Waals surface area contributed by atoms with Crippen LogP contribution in [0.4, 0.5) is 0 Å². The molecular weight excluding hydrogens is 378 g/mol. The van der Waals surface area contributed by atoms with E-state index >= 15 is 0 Å². The van der Waals surface area contributed by atoms with Gasteiger partial charge in [-0.15, -0.1) is 0 Å². The highest BCUT2D eigenvalue weighted by Gasteiger charge is 2.27. The van der Waals surface area contributed by atoms with Crippen LogP contribution >= 0.6 is 15.9 Å². The fourth-order valence-electron chi connectivity index (χ4n) is 3.71. The molecule has 25 heavy (non-hydrogen) atoms. The molecular formula is C21H26BrNO2. The molecule has 0 amide bonds. The fourth-order valence-corrected chi connectivity index (χ4v) is 4.16. The summed E-state index contributed by atoms with van der Waals surface area (Å²) < 4.78 is 1.15. The molecule has 0 aliphatic carbocycles. The number of phenolic OH excluding ortho intramolecular Hbond substituents is 1. The summed E-state index contributed by atoms with van der Waals surface area (Å²) in [5.41, 5.74) is 2.26. The number of benzene rings is 2. The standard InChI is InChI=1S/C21H26BrNO2/c1-15(21(25)18-5-7-20(24)8-6-18)23-11-9-16(10-12-23)13-17-3-2-4-19(22)14-17/h2-8,14-16,21,24-25H,9-13H2,1H3. The van der Waals surface area contributed by atoms with Gasteiger partial charge in [-0.3, -0.25) is 4.90 Å². The van der Waals surface area contributed by atoms with Crippen molar-refractivity contribution in [3.05, 3.63) is 64.1 Å². The van der Waals surface area contributed by atoms with Crippen LogP contribution in [0.25, 0.3) is 0 Å². The molecule has 1 aliphatic heterocycles. The quantitative estimate of drug-likeness (QED) is 0.770. The van der Waals surface area contributed by atoms with Crippen LogP contribution in [0.2, 0.25) is 0 Å². The Morgan fingerprint density at radius 1 is 1.12 bits per heavy atom. The molecule has 3 rings (SSSR count). The highest BCUT2D eigenvalue weighted by molar-refractivity contribution is 9.10. The first kappa shape index (κ1) is 18.4. The van der Waals surface area contributed by atoms with Crippen molar-refractivity contribution in [3.63, 3.8) is 0 Å². The number of likely N-dealkylation sites (tertiary alicyclic amines) is 1. The van der Waals surface area contributed by atoms with Gasteiger partial charge in [0, 0.05) is 10.5 Å². The monoisotopic (exact) mass is 403 g/mol. The predicted molar refractivity (Wildman–Crippen MR) is 105 cm³/mol. The van der Waals surface area contributed by atoms with Crippen molar-refractivity contribution in [1.29, 1.82) is 0 Å². The zero-order valence-corrected chi connectivity index (χ0v) is 16.2. The van der Waals surface area contributed by atoms with Crippen molar-refractivity contribution in [2.24, 2.45) is 5.92 Å². The van der Waals surface area contributed by atoms with Crippen LogP contribution in [-0.2, 0) is 6.42 Å². The molecule has 3 nitrogen and oxygen atoms in total. The van der Waals surface area contributed by atoms with Gasteiger partial charge in [-0.25, -0.2) is 0 Å². The van der Waals surface area contributed by atoms with Crippen molar-refractivity contribution in [2.45, 2.75) is 38.3 Å². The van der Waals surface area contributed by atoms with Crippen molar-refractivity contribution < 1.29 is 10.2 Å². The normalized spacial score (nSPS) is 18.8. The summed E-state index contributed by atoms with van der Waals surface area (Å²) in [6, 6.07) is 15.5. The molecule has 0 spiro atoms. The van der Waals surface area contributed by atoms with Crippen molar-refractivity contribution in [3.8, 4) is 5.75 Å². The fraction of sp³-hybridized carbons (Fsp3) is 0.429. The molecule has 2 atom stereocenters. The summed E-state index contributed by atoms with van der Waals surface area (Å²) in [5, 5.41) is 20.0. The Labute approximate surface area is 158 Å². The van der Waals surface area contributed by atoms with Crippen LogP contribution in [0.1, 0.15) is 37.0 Å². The first-order valence-electron chi connectivity index (χ1n) is 8.98. The second kappa shape index (κ2) is 8.35. The molecule has 2 aromatic rings. The first-order chi connectivity index (χ1) is 12.0. The summed E-state index contributed by atoms with van der Waals surface area (Å²) in [5.74, 6) is 0.945. The number of nitrogens with zero attached hydrogens (tertiary/aromatic N) is 1.